The lowest BCUT2D eigenvalue weighted by Crippen LogP contribution is -2.57. The zero-order valence-electron chi connectivity index (χ0n) is 14.4. The normalized spacial score (nSPS) is 22.1. The van der Waals surface area contributed by atoms with Gasteiger partial charge in [0.25, 0.3) is 0 Å². The summed E-state index contributed by atoms with van der Waals surface area (Å²) in [6.45, 7) is 0.748. The molecule has 1 atom stereocenters. The summed E-state index contributed by atoms with van der Waals surface area (Å²) in [7, 11) is 1.64. The maximum Gasteiger partial charge on any atom is 0.309 e. The number of likely N-dealkylation sites (tertiary alicyclic amines) is 2. The number of carbonyl (C=O) groups excluding carboxylic acids is 2. The first-order valence-electron chi connectivity index (χ1n) is 8.46. The Balaban J connectivity index is 1.68. The van der Waals surface area contributed by atoms with Crippen molar-refractivity contribution in [3.8, 4) is 0 Å². The fraction of sp³-hybridized carbons (Fsp3) is 0.500. The molecule has 1 aromatic carbocycles. The molecule has 1 aromatic rings. The number of aliphatic carboxylic acids is 1. The molecule has 2 saturated heterocycles. The van der Waals surface area contributed by atoms with Crippen LogP contribution in [-0.2, 0) is 20.8 Å². The topological polar surface area (TPSA) is 77.9 Å². The van der Waals surface area contributed by atoms with Crippen molar-refractivity contribution in [2.24, 2.45) is 5.92 Å². The lowest BCUT2D eigenvalue weighted by molar-refractivity contribution is -0.146. The predicted octanol–water partition coefficient (Wildman–Crippen LogP) is 1.95. The second-order valence-corrected chi connectivity index (χ2v) is 7.35. The Bertz CT molecular complexity index is 762. The van der Waals surface area contributed by atoms with Crippen LogP contribution in [0.5, 0.6) is 0 Å². The Morgan fingerprint density at radius 3 is 2.58 bits per heavy atom. The number of piperidine rings is 1. The molecule has 3 rings (SSSR count). The number of carbonyl (C=O) groups is 3. The SMILES string of the molecule is CN1C(=O)C[C@H](C(=O)O)C12CCN(C(=O)Cc1ccc(F)cc1Cl)CC2. The van der Waals surface area contributed by atoms with E-state index in [0.29, 0.717) is 31.5 Å². The van der Waals surface area contributed by atoms with Gasteiger partial charge >= 0.3 is 5.97 Å². The van der Waals surface area contributed by atoms with E-state index in [1.807, 2.05) is 0 Å². The van der Waals surface area contributed by atoms with E-state index in [0.717, 1.165) is 0 Å². The first-order chi connectivity index (χ1) is 12.2. The first-order valence-corrected chi connectivity index (χ1v) is 8.83. The maximum atomic E-state index is 13.1. The number of hydrogen-bond donors (Lipinski definition) is 1. The van der Waals surface area contributed by atoms with Crippen LogP contribution < -0.4 is 0 Å². The molecule has 0 aliphatic carbocycles. The number of amides is 2. The number of carboxylic acids is 1. The lowest BCUT2D eigenvalue weighted by atomic mass is 9.77. The minimum absolute atomic E-state index is 0.00493. The van der Waals surface area contributed by atoms with Gasteiger partial charge in [0.2, 0.25) is 11.8 Å². The summed E-state index contributed by atoms with van der Waals surface area (Å²) in [5, 5.41) is 9.69. The minimum Gasteiger partial charge on any atom is -0.481 e. The summed E-state index contributed by atoms with van der Waals surface area (Å²) in [5.41, 5.74) is -0.178. The number of carboxylic acid groups (broad SMARTS) is 1. The molecule has 8 heteroatoms. The minimum atomic E-state index is -0.972. The number of nitrogens with zero attached hydrogens (tertiary/aromatic N) is 2. The zero-order valence-corrected chi connectivity index (χ0v) is 15.1. The van der Waals surface area contributed by atoms with E-state index in [1.165, 1.54) is 18.2 Å². The molecule has 2 aliphatic rings. The highest BCUT2D eigenvalue weighted by Crippen LogP contribution is 2.42. The molecule has 1 N–H and O–H groups in total. The number of hydrogen-bond acceptors (Lipinski definition) is 3. The molecule has 2 heterocycles. The van der Waals surface area contributed by atoms with Crippen LogP contribution in [0.25, 0.3) is 0 Å². The largest absolute Gasteiger partial charge is 0.481 e. The van der Waals surface area contributed by atoms with Gasteiger partial charge in [-0.05, 0) is 30.5 Å². The van der Waals surface area contributed by atoms with Gasteiger partial charge in [-0.1, -0.05) is 17.7 Å². The van der Waals surface area contributed by atoms with Gasteiger partial charge in [0, 0.05) is 31.6 Å². The second-order valence-electron chi connectivity index (χ2n) is 6.94. The van der Waals surface area contributed by atoms with E-state index < -0.39 is 23.2 Å². The van der Waals surface area contributed by atoms with Crippen LogP contribution in [0, 0.1) is 11.7 Å². The van der Waals surface area contributed by atoms with Gasteiger partial charge in [0.15, 0.2) is 0 Å². The van der Waals surface area contributed by atoms with Gasteiger partial charge in [-0.2, -0.15) is 0 Å². The average Bonchev–Trinajstić information content (AvgIpc) is 2.83. The van der Waals surface area contributed by atoms with E-state index in [9.17, 15) is 23.9 Å². The molecule has 0 unspecified atom stereocenters. The van der Waals surface area contributed by atoms with Crippen LogP contribution in [0.1, 0.15) is 24.8 Å². The third-order valence-corrected chi connectivity index (χ3v) is 6.06. The first kappa shape index (κ1) is 18.6. The molecule has 0 radical (unpaired) electrons. The predicted molar refractivity (Wildman–Crippen MR) is 92.2 cm³/mol. The lowest BCUT2D eigenvalue weighted by Gasteiger charge is -2.45. The molecule has 6 nitrogen and oxygen atoms in total. The number of halogens is 2. The monoisotopic (exact) mass is 382 g/mol. The Labute approximate surface area is 155 Å². The van der Waals surface area contributed by atoms with E-state index >= 15 is 0 Å². The van der Waals surface area contributed by atoms with Gasteiger partial charge in [0.05, 0.1) is 17.9 Å². The summed E-state index contributed by atoms with van der Waals surface area (Å²) in [5.74, 6) is -2.49. The van der Waals surface area contributed by atoms with E-state index in [2.05, 4.69) is 0 Å². The summed E-state index contributed by atoms with van der Waals surface area (Å²) < 4.78 is 13.1. The van der Waals surface area contributed by atoms with Gasteiger partial charge < -0.3 is 14.9 Å². The molecule has 2 aliphatic heterocycles. The number of rotatable bonds is 3. The summed E-state index contributed by atoms with van der Waals surface area (Å²) in [6.07, 6.45) is 0.915. The molecule has 0 bridgehead atoms. The zero-order chi connectivity index (χ0) is 19.1. The van der Waals surface area contributed by atoms with Gasteiger partial charge in [-0.25, -0.2) is 4.39 Å². The molecular formula is C18H20ClFN2O4. The van der Waals surface area contributed by atoms with Gasteiger partial charge in [-0.3, -0.25) is 14.4 Å². The highest BCUT2D eigenvalue weighted by atomic mass is 35.5. The van der Waals surface area contributed by atoms with Crippen molar-refractivity contribution in [1.82, 2.24) is 9.80 Å². The molecule has 140 valence electrons. The third-order valence-electron chi connectivity index (χ3n) is 5.71. The van der Waals surface area contributed by atoms with Crippen LogP contribution in [0.2, 0.25) is 5.02 Å². The summed E-state index contributed by atoms with van der Waals surface area (Å²) in [6, 6.07) is 3.92. The Kier molecular flexibility index (Phi) is 4.92. The summed E-state index contributed by atoms with van der Waals surface area (Å²) in [4.78, 5) is 39.3. The van der Waals surface area contributed by atoms with Crippen molar-refractivity contribution in [1.29, 1.82) is 0 Å². The third kappa shape index (κ3) is 3.16. The molecular weight excluding hydrogens is 363 g/mol. The Morgan fingerprint density at radius 2 is 2.00 bits per heavy atom. The molecule has 2 fully saturated rings. The van der Waals surface area contributed by atoms with Crippen molar-refractivity contribution in [2.75, 3.05) is 20.1 Å². The van der Waals surface area contributed by atoms with Gasteiger partial charge in [0.1, 0.15) is 5.82 Å². The quantitative estimate of drug-likeness (QED) is 0.866. The van der Waals surface area contributed by atoms with Crippen LogP contribution in [0.3, 0.4) is 0 Å². The van der Waals surface area contributed by atoms with E-state index in [4.69, 9.17) is 11.6 Å². The van der Waals surface area contributed by atoms with E-state index in [-0.39, 0.29) is 29.7 Å². The molecule has 0 aromatic heterocycles. The number of benzene rings is 1. The van der Waals surface area contributed by atoms with Crippen LogP contribution in [-0.4, -0.2) is 58.4 Å². The molecule has 2 amide bonds. The van der Waals surface area contributed by atoms with Crippen molar-refractivity contribution in [2.45, 2.75) is 31.2 Å². The maximum absolute atomic E-state index is 13.1. The Morgan fingerprint density at radius 1 is 1.35 bits per heavy atom. The van der Waals surface area contributed by atoms with Crippen molar-refractivity contribution >= 4 is 29.4 Å². The molecule has 0 saturated carbocycles. The molecule has 26 heavy (non-hydrogen) atoms. The smallest absolute Gasteiger partial charge is 0.309 e. The van der Waals surface area contributed by atoms with Crippen LogP contribution in [0.4, 0.5) is 4.39 Å². The van der Waals surface area contributed by atoms with Crippen LogP contribution >= 0.6 is 11.6 Å². The van der Waals surface area contributed by atoms with Crippen LogP contribution in [0.15, 0.2) is 18.2 Å². The summed E-state index contributed by atoms with van der Waals surface area (Å²) >= 11 is 5.98. The highest BCUT2D eigenvalue weighted by Gasteiger charge is 2.55. The van der Waals surface area contributed by atoms with Crippen molar-refractivity contribution in [3.63, 3.8) is 0 Å². The van der Waals surface area contributed by atoms with E-state index in [1.54, 1.807) is 16.8 Å². The van der Waals surface area contributed by atoms with Gasteiger partial charge in [-0.15, -0.1) is 0 Å². The fourth-order valence-electron chi connectivity index (χ4n) is 4.07. The van der Waals surface area contributed by atoms with Crippen molar-refractivity contribution < 1.29 is 23.9 Å². The fourth-order valence-corrected chi connectivity index (χ4v) is 4.30. The highest BCUT2D eigenvalue weighted by molar-refractivity contribution is 6.31. The van der Waals surface area contributed by atoms with Crippen molar-refractivity contribution in [3.05, 3.63) is 34.6 Å². The average molecular weight is 383 g/mol. The standard InChI is InChI=1S/C18H20ClFN2O4/c1-21-15(23)10-13(17(25)26)18(21)4-6-22(7-5-18)16(24)8-11-2-3-12(20)9-14(11)19/h2-3,9,13H,4-8,10H2,1H3,(H,25,26)/t13-/m1/s1. The Hall–Kier alpha value is -2.15. The molecule has 1 spiro atoms. The second kappa shape index (κ2) is 6.87.